The van der Waals surface area contributed by atoms with Gasteiger partial charge in [0.05, 0.1) is 11.0 Å². The lowest BCUT2D eigenvalue weighted by molar-refractivity contribution is 0.0466. The number of hydrogen-bond acceptors (Lipinski definition) is 8. The van der Waals surface area contributed by atoms with E-state index in [1.165, 1.54) is 11.3 Å². The van der Waals surface area contributed by atoms with Gasteiger partial charge in [-0.15, -0.1) is 11.3 Å². The number of carbonyl (C=O) groups is 2. The number of aryl methyl sites for hydroxylation is 2. The molecule has 4 aromatic rings. The van der Waals surface area contributed by atoms with Crippen molar-refractivity contribution in [3.05, 3.63) is 76.2 Å². The molecule has 1 amide bonds. The third kappa shape index (κ3) is 4.90. The lowest BCUT2D eigenvalue weighted by atomic mass is 9.91. The number of nitrogens with zero attached hydrogens (tertiary/aromatic N) is 5. The van der Waals surface area contributed by atoms with Crippen LogP contribution < -0.4 is 5.32 Å². The quantitative estimate of drug-likeness (QED) is 0.381. The first kappa shape index (κ1) is 23.0. The Morgan fingerprint density at radius 1 is 1.14 bits per heavy atom. The zero-order valence-corrected chi connectivity index (χ0v) is 20.7. The third-order valence-corrected chi connectivity index (χ3v) is 7.12. The molecular formula is C26H26N6O2S. The average molecular weight is 487 g/mol. The largest absolute Gasteiger partial charge is 0.348 e. The van der Waals surface area contributed by atoms with E-state index in [9.17, 15) is 9.59 Å². The van der Waals surface area contributed by atoms with Crippen LogP contribution in [-0.4, -0.2) is 49.6 Å². The molecule has 0 unspecified atom stereocenters. The van der Waals surface area contributed by atoms with E-state index in [1.54, 1.807) is 17.3 Å². The number of nitrogens with one attached hydrogen (secondary N) is 1. The van der Waals surface area contributed by atoms with Crippen LogP contribution in [0.25, 0.3) is 10.3 Å². The van der Waals surface area contributed by atoms with E-state index in [4.69, 9.17) is 0 Å². The van der Waals surface area contributed by atoms with Crippen LogP contribution in [0, 0.1) is 19.8 Å². The number of fused-ring (bicyclic) bond motifs is 1. The van der Waals surface area contributed by atoms with Crippen molar-refractivity contribution in [2.75, 3.05) is 18.4 Å². The fraction of sp³-hybridized carbons (Fsp3) is 0.308. The fourth-order valence-electron chi connectivity index (χ4n) is 4.26. The molecule has 1 fully saturated rings. The molecule has 1 atom stereocenters. The lowest BCUT2D eigenvalue weighted by Gasteiger charge is -2.38. The number of anilines is 1. The number of hydrogen-bond donors (Lipinski definition) is 1. The summed E-state index contributed by atoms with van der Waals surface area (Å²) in [5, 5.41) is 4.10. The maximum Gasteiger partial charge on any atom is 0.274 e. The molecule has 0 radical (unpaired) electrons. The van der Waals surface area contributed by atoms with Crippen molar-refractivity contribution >= 4 is 39.3 Å². The van der Waals surface area contributed by atoms with Gasteiger partial charge < -0.3 is 10.2 Å². The minimum Gasteiger partial charge on any atom is -0.348 e. The van der Waals surface area contributed by atoms with Crippen LogP contribution in [0.1, 0.15) is 56.4 Å². The zero-order valence-electron chi connectivity index (χ0n) is 19.9. The van der Waals surface area contributed by atoms with Gasteiger partial charge >= 0.3 is 0 Å². The van der Waals surface area contributed by atoms with Crippen molar-refractivity contribution in [3.63, 3.8) is 0 Å². The number of amides is 1. The van der Waals surface area contributed by atoms with Crippen LogP contribution in [0.3, 0.4) is 0 Å². The number of thiazole rings is 1. The molecule has 178 valence electrons. The molecule has 0 aliphatic carbocycles. The smallest absolute Gasteiger partial charge is 0.274 e. The predicted octanol–water partition coefficient (Wildman–Crippen LogP) is 4.62. The zero-order chi connectivity index (χ0) is 24.5. The van der Waals surface area contributed by atoms with Crippen molar-refractivity contribution in [1.82, 2.24) is 24.8 Å². The van der Waals surface area contributed by atoms with E-state index in [2.05, 4.69) is 25.3 Å². The Morgan fingerprint density at radius 2 is 1.97 bits per heavy atom. The van der Waals surface area contributed by atoms with Crippen molar-refractivity contribution in [1.29, 1.82) is 0 Å². The number of rotatable bonds is 7. The Morgan fingerprint density at radius 3 is 2.71 bits per heavy atom. The van der Waals surface area contributed by atoms with Crippen molar-refractivity contribution in [2.45, 2.75) is 33.2 Å². The van der Waals surface area contributed by atoms with E-state index in [0.29, 0.717) is 41.5 Å². The number of carbonyl (C=O) groups excluding carboxylic acids is 2. The highest BCUT2D eigenvalue weighted by Crippen LogP contribution is 2.29. The highest BCUT2D eigenvalue weighted by Gasteiger charge is 2.35. The number of benzene rings is 1. The van der Waals surface area contributed by atoms with E-state index in [-0.39, 0.29) is 23.7 Å². The maximum absolute atomic E-state index is 13.4. The molecule has 8 nitrogen and oxygen atoms in total. The van der Waals surface area contributed by atoms with Gasteiger partial charge in [-0.25, -0.2) is 9.97 Å². The topological polar surface area (TPSA) is 101 Å². The number of pyridine rings is 1. The molecule has 0 spiro atoms. The minimum absolute atomic E-state index is 0.0927. The SMILES string of the molecule is Cc1cccc(C(=O)CC2CN(C(=O)c3nc(N[C@@H](C)c4cccnc4)nc4nc(C)sc34)C2)c1. The van der Waals surface area contributed by atoms with Gasteiger partial charge in [-0.2, -0.15) is 4.98 Å². The summed E-state index contributed by atoms with van der Waals surface area (Å²) in [5.41, 5.74) is 3.65. The molecule has 4 heterocycles. The molecule has 9 heteroatoms. The van der Waals surface area contributed by atoms with Gasteiger partial charge in [0.1, 0.15) is 4.70 Å². The number of ketones is 1. The summed E-state index contributed by atoms with van der Waals surface area (Å²) in [5.74, 6) is 0.464. The first-order valence-electron chi connectivity index (χ1n) is 11.6. The summed E-state index contributed by atoms with van der Waals surface area (Å²) >= 11 is 1.42. The molecule has 1 aromatic carbocycles. The Bertz CT molecular complexity index is 1400. The van der Waals surface area contributed by atoms with Gasteiger partial charge in [-0.05, 0) is 38.5 Å². The van der Waals surface area contributed by atoms with Crippen LogP contribution in [-0.2, 0) is 0 Å². The van der Waals surface area contributed by atoms with Gasteiger partial charge in [-0.3, -0.25) is 14.6 Å². The summed E-state index contributed by atoms with van der Waals surface area (Å²) in [6, 6.07) is 11.4. The van der Waals surface area contributed by atoms with Crippen LogP contribution in [0.2, 0.25) is 0 Å². The van der Waals surface area contributed by atoms with Crippen LogP contribution in [0.15, 0.2) is 48.8 Å². The molecule has 0 saturated carbocycles. The molecule has 0 bridgehead atoms. The van der Waals surface area contributed by atoms with E-state index in [1.807, 2.05) is 57.2 Å². The molecule has 5 rings (SSSR count). The number of aromatic nitrogens is 4. The normalized spacial score (nSPS) is 14.5. The average Bonchev–Trinajstić information content (AvgIpc) is 3.20. The highest BCUT2D eigenvalue weighted by atomic mass is 32.1. The molecule has 1 aliphatic heterocycles. The second-order valence-electron chi connectivity index (χ2n) is 9.01. The molecular weight excluding hydrogens is 460 g/mol. The van der Waals surface area contributed by atoms with Crippen LogP contribution in [0.4, 0.5) is 5.95 Å². The van der Waals surface area contributed by atoms with Gasteiger partial charge in [0.2, 0.25) is 5.95 Å². The van der Waals surface area contributed by atoms with Crippen LogP contribution in [0.5, 0.6) is 0 Å². The van der Waals surface area contributed by atoms with Crippen LogP contribution >= 0.6 is 11.3 Å². The fourth-order valence-corrected chi connectivity index (χ4v) is 5.10. The Labute approximate surface area is 207 Å². The van der Waals surface area contributed by atoms with Crippen molar-refractivity contribution in [2.24, 2.45) is 5.92 Å². The van der Waals surface area contributed by atoms with Crippen molar-refractivity contribution < 1.29 is 9.59 Å². The molecule has 1 N–H and O–H groups in total. The standard InChI is InChI=1S/C26H26N6O2S/c1-15-6-4-7-19(10-15)21(33)11-18-13-32(14-18)25(34)22-23-24(29-17(3)35-23)31-26(30-22)28-16(2)20-8-5-9-27-12-20/h4-10,12,16,18H,11,13-14H2,1-3H3,(H,28,30,31)/t16-/m0/s1. The van der Waals surface area contributed by atoms with Gasteiger partial charge in [0.25, 0.3) is 5.91 Å². The maximum atomic E-state index is 13.4. The van der Waals surface area contributed by atoms with Gasteiger partial charge in [-0.1, -0.05) is 29.8 Å². The first-order chi connectivity index (χ1) is 16.9. The Hall–Kier alpha value is -3.72. The number of likely N-dealkylation sites (tertiary alicyclic amines) is 1. The Kier molecular flexibility index (Phi) is 6.25. The molecule has 1 saturated heterocycles. The third-order valence-electron chi connectivity index (χ3n) is 6.15. The highest BCUT2D eigenvalue weighted by molar-refractivity contribution is 7.18. The Balaban J connectivity index is 1.31. The van der Waals surface area contributed by atoms with Gasteiger partial charge in [0.15, 0.2) is 17.1 Å². The van der Waals surface area contributed by atoms with Gasteiger partial charge in [0, 0.05) is 43.4 Å². The summed E-state index contributed by atoms with van der Waals surface area (Å²) in [6.07, 6.45) is 3.94. The monoisotopic (exact) mass is 486 g/mol. The minimum atomic E-state index is -0.155. The summed E-state index contributed by atoms with van der Waals surface area (Å²) in [6.45, 7) is 6.93. The second-order valence-corrected chi connectivity index (χ2v) is 10.2. The molecule has 1 aliphatic rings. The summed E-state index contributed by atoms with van der Waals surface area (Å²) in [7, 11) is 0. The number of Topliss-reactive ketones (excluding diaryl/α,β-unsaturated/α-hetero) is 1. The predicted molar refractivity (Wildman–Crippen MR) is 136 cm³/mol. The summed E-state index contributed by atoms with van der Waals surface area (Å²) in [4.78, 5) is 45.6. The molecule has 35 heavy (non-hydrogen) atoms. The first-order valence-corrected chi connectivity index (χ1v) is 12.4. The lowest BCUT2D eigenvalue weighted by Crippen LogP contribution is -2.50. The van der Waals surface area contributed by atoms with E-state index in [0.717, 1.165) is 21.7 Å². The van der Waals surface area contributed by atoms with E-state index >= 15 is 0 Å². The second kappa shape index (κ2) is 9.50. The van der Waals surface area contributed by atoms with E-state index < -0.39 is 0 Å². The molecule has 3 aromatic heterocycles. The van der Waals surface area contributed by atoms with Crippen molar-refractivity contribution in [3.8, 4) is 0 Å². The summed E-state index contributed by atoms with van der Waals surface area (Å²) < 4.78 is 0.686.